The predicted octanol–water partition coefficient (Wildman–Crippen LogP) is 3.91. The Balaban J connectivity index is 0.0000138. The van der Waals surface area contributed by atoms with Crippen LogP contribution in [0.25, 0.3) is 0 Å². The number of hydrogen-bond acceptors (Lipinski definition) is 16. The number of methoxy groups -OCH3 is 2. The van der Waals surface area contributed by atoms with E-state index in [4.69, 9.17) is 24.9 Å². The van der Waals surface area contributed by atoms with E-state index in [-0.39, 0.29) is 71.1 Å². The van der Waals surface area contributed by atoms with E-state index in [2.05, 4.69) is 17.1 Å². The highest BCUT2D eigenvalue weighted by Gasteiger charge is 2.56. The number of rotatable bonds is 26. The molecule has 3 fully saturated rings. The van der Waals surface area contributed by atoms with Gasteiger partial charge in [-0.2, -0.15) is 9.90 Å². The van der Waals surface area contributed by atoms with Crippen LogP contribution in [0.2, 0.25) is 0 Å². The van der Waals surface area contributed by atoms with E-state index in [0.717, 1.165) is 37.9 Å². The second-order valence-electron chi connectivity index (χ2n) is 22.1. The van der Waals surface area contributed by atoms with Crippen molar-refractivity contribution in [3.63, 3.8) is 0 Å². The lowest BCUT2D eigenvalue weighted by Crippen LogP contribution is -2.67. The quantitative estimate of drug-likeness (QED) is 0.0337. The van der Waals surface area contributed by atoms with Crippen LogP contribution >= 0.6 is 9.90 Å². The Labute approximate surface area is 475 Å². The Hall–Kier alpha value is -5.90. The summed E-state index contributed by atoms with van der Waals surface area (Å²) in [5, 5.41) is 42.3. The fourth-order valence-electron chi connectivity index (χ4n) is 11.6. The van der Waals surface area contributed by atoms with Crippen LogP contribution in [0.4, 0.5) is 5.69 Å². The summed E-state index contributed by atoms with van der Waals surface area (Å²) in [7, 11) is 6.82. The first-order chi connectivity index (χ1) is 37.5. The highest BCUT2D eigenvalue weighted by Crippen LogP contribution is 2.50. The molecule has 0 aromatic heterocycles. The minimum absolute atomic E-state index is 0. The van der Waals surface area contributed by atoms with Crippen LogP contribution < -0.4 is 25.3 Å². The maximum Gasteiger partial charge on any atom is 0.329 e. The fourth-order valence-corrected chi connectivity index (χ4v) is 11.6. The number of amides is 2. The molecule has 7 N–H and O–H groups in total. The topological polar surface area (TPSA) is 281 Å². The van der Waals surface area contributed by atoms with Gasteiger partial charge in [-0.05, 0) is 124 Å². The van der Waals surface area contributed by atoms with Gasteiger partial charge in [0.2, 0.25) is 5.91 Å². The van der Waals surface area contributed by atoms with Crippen molar-refractivity contribution in [3.05, 3.63) is 59.3 Å². The molecule has 22 nitrogen and oxygen atoms in total. The van der Waals surface area contributed by atoms with E-state index in [0.29, 0.717) is 125 Å². The SMILES string of the molecule is COc1cccc(OC)c1C(/C=C(\N)C(=O)NC1(C(=O)O)C(C)CC2CC(C)CC1C2)=Nc1ccc(OCCCN(C)CCCN(C)C(=O)CN2CCN(CC(=O)O)CCN(CC(=O)O)CCN(CC(=O)O)CC2)cc1C(C)C.P. The summed E-state index contributed by atoms with van der Waals surface area (Å²) in [6.07, 6.45) is 6.08. The van der Waals surface area contributed by atoms with Crippen LogP contribution in [0.3, 0.4) is 0 Å². The van der Waals surface area contributed by atoms with Gasteiger partial charge in [0.15, 0.2) is 0 Å². The Morgan fingerprint density at radius 1 is 0.750 bits per heavy atom. The number of likely N-dealkylation sites (N-methyl/N-ethyl adjacent to an activating group) is 1. The minimum Gasteiger partial charge on any atom is -0.496 e. The van der Waals surface area contributed by atoms with Crippen LogP contribution in [0, 0.1) is 23.7 Å². The van der Waals surface area contributed by atoms with Gasteiger partial charge < -0.3 is 55.5 Å². The first-order valence-corrected chi connectivity index (χ1v) is 27.6. The maximum absolute atomic E-state index is 14.2. The molecule has 1 aliphatic heterocycles. The molecule has 1 heterocycles. The van der Waals surface area contributed by atoms with E-state index in [9.17, 15) is 49.2 Å². The molecule has 6 unspecified atom stereocenters. The molecule has 6 atom stereocenters. The summed E-state index contributed by atoms with van der Waals surface area (Å²) in [6.45, 7) is 12.4. The zero-order valence-corrected chi connectivity index (χ0v) is 49.8. The summed E-state index contributed by atoms with van der Waals surface area (Å²) < 4.78 is 17.8. The van der Waals surface area contributed by atoms with Crippen LogP contribution in [-0.2, 0) is 28.8 Å². The normalized spacial score (nSPS) is 22.1. The molecule has 2 aromatic carbocycles. The van der Waals surface area contributed by atoms with Crippen molar-refractivity contribution in [2.24, 2.45) is 34.4 Å². The third kappa shape index (κ3) is 19.4. The van der Waals surface area contributed by atoms with E-state index in [1.165, 1.54) is 20.3 Å². The molecule has 3 aliphatic rings. The van der Waals surface area contributed by atoms with E-state index >= 15 is 0 Å². The summed E-state index contributed by atoms with van der Waals surface area (Å²) in [5.74, 6) is -3.17. The summed E-state index contributed by atoms with van der Waals surface area (Å²) in [5.41, 5.74) is 7.16. The number of hydrogen-bond donors (Lipinski definition) is 6. The highest BCUT2D eigenvalue weighted by atomic mass is 31.0. The van der Waals surface area contributed by atoms with E-state index < -0.39 is 35.3 Å². The molecule has 80 heavy (non-hydrogen) atoms. The molecule has 5 rings (SSSR count). The maximum atomic E-state index is 14.2. The van der Waals surface area contributed by atoms with Crippen molar-refractivity contribution >= 4 is 57.0 Å². The second-order valence-corrected chi connectivity index (χ2v) is 22.1. The van der Waals surface area contributed by atoms with Crippen LogP contribution in [0.1, 0.15) is 83.3 Å². The number of nitrogens with zero attached hydrogens (tertiary/aromatic N) is 7. The zero-order chi connectivity index (χ0) is 58.0. The molecule has 23 heteroatoms. The number of fused-ring (bicyclic) bond motifs is 2. The van der Waals surface area contributed by atoms with Crippen molar-refractivity contribution in [3.8, 4) is 17.2 Å². The van der Waals surface area contributed by atoms with Crippen molar-refractivity contribution < 1.29 is 63.4 Å². The number of ether oxygens (including phenoxy) is 3. The Morgan fingerprint density at radius 2 is 1.27 bits per heavy atom. The van der Waals surface area contributed by atoms with Crippen molar-refractivity contribution in [1.29, 1.82) is 0 Å². The molecule has 0 radical (unpaired) electrons. The number of nitrogens with two attached hydrogens (primary N) is 1. The van der Waals surface area contributed by atoms with Crippen LogP contribution in [0.5, 0.6) is 17.2 Å². The molecular formula is C57H90N9O13P. The molecular weight excluding hydrogens is 1050 g/mol. The largest absolute Gasteiger partial charge is 0.496 e. The fraction of sp³-hybridized carbons (Fsp3) is 0.632. The van der Waals surface area contributed by atoms with Gasteiger partial charge in [0.1, 0.15) is 22.8 Å². The number of carboxylic acid groups (broad SMARTS) is 4. The van der Waals surface area contributed by atoms with Gasteiger partial charge in [-0.25, -0.2) is 9.79 Å². The number of aliphatic carboxylic acids is 4. The van der Waals surface area contributed by atoms with Crippen molar-refractivity contribution in [2.75, 3.05) is 133 Å². The highest BCUT2D eigenvalue weighted by molar-refractivity contribution is 6.92. The van der Waals surface area contributed by atoms with Gasteiger partial charge >= 0.3 is 23.9 Å². The number of carboxylic acids is 4. The first-order valence-electron chi connectivity index (χ1n) is 27.6. The van der Waals surface area contributed by atoms with E-state index in [1.54, 1.807) is 44.8 Å². The van der Waals surface area contributed by atoms with Gasteiger partial charge in [-0.1, -0.05) is 33.8 Å². The molecule has 2 aromatic rings. The Kier molecular flexibility index (Phi) is 26.6. The predicted molar refractivity (Wildman–Crippen MR) is 310 cm³/mol. The summed E-state index contributed by atoms with van der Waals surface area (Å²) in [4.78, 5) is 91.9. The van der Waals surface area contributed by atoms with Crippen LogP contribution in [0.15, 0.2) is 53.2 Å². The lowest BCUT2D eigenvalue weighted by Gasteiger charge is -2.52. The van der Waals surface area contributed by atoms with Crippen LogP contribution in [-0.4, -0.2) is 230 Å². The standard InChI is InChI=1S/C57H87N9O13.H3P/c1-38(2)44-32-43(14-15-46(44)59-47(54-48(77-7)12-9-13-49(54)78-8)33-45(58)55(74)60-57(56(75)76)40(4)30-41-28-39(3)29-42(57)31-41)79-27-11-17-61(5)16-10-18-62(6)50(67)34-63-19-21-64(35-51(68)69)23-25-66(37-53(72)73)26-24-65(22-20-63)36-52(70)71;/h9,12-15,32-33,38-42H,10-11,16-31,34-37,58H2,1-8H3,(H,60,74)(H,68,69)(H,70,71)(H,72,73)(H,75,76);1H3/b45-33-,59-47?;. The number of allylic oxidation sites excluding steroid dienone is 1. The number of benzene rings is 2. The molecule has 2 saturated carbocycles. The lowest BCUT2D eigenvalue weighted by atomic mass is 9.56. The third-order valence-electron chi connectivity index (χ3n) is 15.7. The lowest BCUT2D eigenvalue weighted by molar-refractivity contribution is -0.158. The Morgan fingerprint density at radius 3 is 1.77 bits per heavy atom. The number of carbonyl (C=O) groups is 6. The van der Waals surface area contributed by atoms with Gasteiger partial charge in [0, 0.05) is 72.5 Å². The number of nitrogens with one attached hydrogen (secondary N) is 1. The monoisotopic (exact) mass is 1140 g/mol. The molecule has 2 aliphatic carbocycles. The second kappa shape index (κ2) is 31.9. The van der Waals surface area contributed by atoms with Gasteiger partial charge in [-0.3, -0.25) is 43.6 Å². The van der Waals surface area contributed by atoms with Gasteiger partial charge in [0.25, 0.3) is 5.91 Å². The van der Waals surface area contributed by atoms with E-state index in [1.807, 2.05) is 50.9 Å². The number of carbonyl (C=O) groups excluding carboxylic acids is 2. The average molecular weight is 1140 g/mol. The third-order valence-corrected chi connectivity index (χ3v) is 15.7. The Bertz CT molecular complexity index is 2420. The van der Waals surface area contributed by atoms with Gasteiger partial charge in [0.05, 0.1) is 69.7 Å². The molecule has 1 saturated heterocycles. The van der Waals surface area contributed by atoms with Gasteiger partial charge in [-0.15, -0.1) is 0 Å². The van der Waals surface area contributed by atoms with Crippen molar-refractivity contribution in [2.45, 2.75) is 77.7 Å². The minimum atomic E-state index is -1.47. The smallest absolute Gasteiger partial charge is 0.329 e. The molecule has 2 bridgehead atoms. The molecule has 0 spiro atoms. The number of aliphatic imine (C=N–C) groups is 1. The summed E-state index contributed by atoms with van der Waals surface area (Å²) in [6, 6.07) is 10.9. The van der Waals surface area contributed by atoms with Crippen molar-refractivity contribution in [1.82, 2.24) is 34.7 Å². The zero-order valence-electron chi connectivity index (χ0n) is 48.4. The summed E-state index contributed by atoms with van der Waals surface area (Å²) >= 11 is 0. The molecule has 2 amide bonds. The first kappa shape index (κ1) is 66.6. The molecule has 446 valence electrons. The average Bonchev–Trinajstić information content (AvgIpc) is 3.52.